The zero-order valence-electron chi connectivity index (χ0n) is 18.3. The van der Waals surface area contributed by atoms with Crippen molar-refractivity contribution in [2.45, 2.75) is 80.1 Å². The monoisotopic (exact) mass is 492 g/mol. The topological polar surface area (TPSA) is 0 Å². The average molecular weight is 494 g/mol. The molecular weight excluding hydrogens is 459 g/mol. The second-order valence-corrected chi connectivity index (χ2v) is 10.7. The van der Waals surface area contributed by atoms with Crippen LogP contribution in [0.2, 0.25) is 0 Å². The summed E-state index contributed by atoms with van der Waals surface area (Å²) >= 11 is 2.43. The predicted molar refractivity (Wildman–Crippen MR) is 111 cm³/mol. The molecule has 0 saturated heterocycles. The molecule has 1 aliphatic carbocycles. The summed E-state index contributed by atoms with van der Waals surface area (Å²) in [6.45, 7) is 13.9. The fraction of sp³-hybridized carbons (Fsp3) is 0.565. The average Bonchev–Trinajstić information content (AvgIpc) is 2.86. The van der Waals surface area contributed by atoms with Crippen molar-refractivity contribution in [1.29, 1.82) is 0 Å². The smallest absolute Gasteiger partial charge is 1.00 e. The third-order valence-electron chi connectivity index (χ3n) is 5.85. The quantitative estimate of drug-likeness (QED) is 0.261. The number of benzene rings is 1. The van der Waals surface area contributed by atoms with E-state index in [1.54, 1.807) is 20.2 Å². The molecule has 0 N–H and O–H groups in total. The minimum Gasteiger partial charge on any atom is -1.00 e. The molecule has 156 valence electrons. The molecule has 2 rings (SSSR count). The number of rotatable bonds is 8. The number of hydrogen-bond donors (Lipinski definition) is 0. The Balaban J connectivity index is 0. The van der Waals surface area contributed by atoms with Crippen molar-refractivity contribution >= 4 is 14.7 Å². The van der Waals surface area contributed by atoms with Crippen molar-refractivity contribution in [2.24, 2.45) is 5.92 Å². The zero-order chi connectivity index (χ0) is 18.6. The van der Waals surface area contributed by atoms with E-state index in [0.29, 0.717) is 0 Å². The molecule has 0 heterocycles. The standard InChI is InChI=1S/C23H35Si.3ClH.Ti/c1-7-9-10-11-20-14-21(15-22(20)17(4)8-2)24-23-18(5)12-16(3)13-19(23)6;;;;/h12-13,17H,7-11,14,24H2,1-6H3;3*1H;/q;;;;+3/p-3. The molecule has 1 aromatic rings. The van der Waals surface area contributed by atoms with Crippen LogP contribution in [0.4, 0.5) is 0 Å². The van der Waals surface area contributed by atoms with Crippen LogP contribution >= 0.6 is 0 Å². The van der Waals surface area contributed by atoms with Gasteiger partial charge in [0, 0.05) is 0 Å². The molecule has 0 nitrogen and oxygen atoms in total. The van der Waals surface area contributed by atoms with Gasteiger partial charge in [0.05, 0.1) is 0 Å². The molecule has 0 amide bonds. The van der Waals surface area contributed by atoms with Crippen molar-refractivity contribution in [1.82, 2.24) is 0 Å². The van der Waals surface area contributed by atoms with Gasteiger partial charge in [-0.1, -0.05) is 0 Å². The van der Waals surface area contributed by atoms with Crippen molar-refractivity contribution in [3.63, 3.8) is 0 Å². The first kappa shape index (κ1) is 30.7. The molecule has 0 aliphatic heterocycles. The molecule has 0 saturated carbocycles. The molecule has 1 atom stereocenters. The Kier molecular flexibility index (Phi) is 15.9. The van der Waals surface area contributed by atoms with Gasteiger partial charge in [0.25, 0.3) is 0 Å². The van der Waals surface area contributed by atoms with Crippen LogP contribution < -0.4 is 42.4 Å². The van der Waals surface area contributed by atoms with Gasteiger partial charge < -0.3 is 37.2 Å². The van der Waals surface area contributed by atoms with E-state index in [9.17, 15) is 0 Å². The van der Waals surface area contributed by atoms with E-state index < -0.39 is 0 Å². The van der Waals surface area contributed by atoms with Crippen LogP contribution in [-0.2, 0) is 20.4 Å². The van der Waals surface area contributed by atoms with Crippen LogP contribution in [0.3, 0.4) is 0 Å². The van der Waals surface area contributed by atoms with E-state index in [1.165, 1.54) is 55.2 Å². The molecule has 5 heteroatoms. The number of hydrogen-bond acceptors (Lipinski definition) is 0. The van der Waals surface area contributed by atoms with Crippen LogP contribution in [0.1, 0.15) is 76.0 Å². The Labute approximate surface area is 206 Å². The van der Waals surface area contributed by atoms with Crippen molar-refractivity contribution in [3.05, 3.63) is 49.0 Å². The summed E-state index contributed by atoms with van der Waals surface area (Å²) in [5.41, 5.74) is 7.97. The summed E-state index contributed by atoms with van der Waals surface area (Å²) in [6.07, 6.45) is 7.95. The van der Waals surface area contributed by atoms with Gasteiger partial charge in [-0.15, -0.1) is 0 Å². The molecule has 1 unspecified atom stereocenters. The molecule has 0 bridgehead atoms. The second-order valence-electron chi connectivity index (χ2n) is 7.99. The molecule has 0 aromatic heterocycles. The fourth-order valence-electron chi connectivity index (χ4n) is 4.27. The molecule has 1 aromatic carbocycles. The Morgan fingerprint density at radius 1 is 1.00 bits per heavy atom. The van der Waals surface area contributed by atoms with Gasteiger partial charge in [-0.25, -0.2) is 0 Å². The zero-order valence-corrected chi connectivity index (χ0v) is 23.6. The maximum Gasteiger partial charge on any atom is -1.00 e. The number of aryl methyl sites for hydroxylation is 3. The molecule has 0 fully saturated rings. The minimum atomic E-state index is -0.350. The summed E-state index contributed by atoms with van der Waals surface area (Å²) in [7, 11) is -0.350. The van der Waals surface area contributed by atoms with E-state index in [2.05, 4.69) is 74.1 Å². The van der Waals surface area contributed by atoms with E-state index in [-0.39, 0.29) is 46.7 Å². The van der Waals surface area contributed by atoms with Gasteiger partial charge in [-0.2, -0.15) is 0 Å². The van der Waals surface area contributed by atoms with E-state index in [1.807, 2.05) is 5.20 Å². The van der Waals surface area contributed by atoms with Crippen LogP contribution in [0, 0.1) is 26.7 Å². The van der Waals surface area contributed by atoms with Crippen LogP contribution in [0.5, 0.6) is 0 Å². The van der Waals surface area contributed by atoms with Crippen LogP contribution in [0.15, 0.2) is 32.4 Å². The second kappa shape index (κ2) is 14.5. The Morgan fingerprint density at radius 2 is 1.57 bits per heavy atom. The third kappa shape index (κ3) is 7.64. The fourth-order valence-corrected chi connectivity index (χ4v) is 7.47. The maximum absolute atomic E-state index is 2.44. The summed E-state index contributed by atoms with van der Waals surface area (Å²) in [6, 6.07) is 4.76. The summed E-state index contributed by atoms with van der Waals surface area (Å²) in [4.78, 5) is 0. The number of allylic oxidation sites excluding steroid dienone is 4. The normalized spacial score (nSPS) is 14.9. The first-order chi connectivity index (χ1) is 11.9. The minimum absolute atomic E-state index is 0. The van der Waals surface area contributed by atoms with Crippen LogP contribution in [-0.4, -0.2) is 9.52 Å². The maximum atomic E-state index is 2.44. The third-order valence-corrected chi connectivity index (χ3v) is 9.87. The Bertz CT molecular complexity index is 672. The predicted octanol–water partition coefficient (Wildman–Crippen LogP) is -3.50. The van der Waals surface area contributed by atoms with Gasteiger partial charge >= 0.3 is 170 Å². The summed E-state index contributed by atoms with van der Waals surface area (Å²) in [5, 5.41) is 3.51. The number of unbranched alkanes of at least 4 members (excludes halogenated alkanes) is 2. The van der Waals surface area contributed by atoms with Gasteiger partial charge in [0.15, 0.2) is 0 Å². The summed E-state index contributed by atoms with van der Waals surface area (Å²) < 4.78 is 1.67. The van der Waals surface area contributed by atoms with Gasteiger partial charge in [-0.05, 0) is 0 Å². The molecule has 1 aliphatic rings. The van der Waals surface area contributed by atoms with E-state index >= 15 is 0 Å². The molecule has 0 spiro atoms. The molecule has 28 heavy (non-hydrogen) atoms. The largest absolute Gasteiger partial charge is 1.00 e. The molecule has 0 radical (unpaired) electrons. The SMILES string of the molecule is CCCCCC1=C(C(C)CC)[C]([Ti+3])=C([SiH2]c2c(C)cc(C)cc2C)C1.[Cl-].[Cl-].[Cl-]. The Morgan fingerprint density at radius 3 is 2.07 bits per heavy atom. The van der Waals surface area contributed by atoms with Crippen molar-refractivity contribution < 1.29 is 57.7 Å². The van der Waals surface area contributed by atoms with Gasteiger partial charge in [-0.3, -0.25) is 0 Å². The number of halogens is 3. The first-order valence-corrected chi connectivity index (χ1v) is 12.3. The van der Waals surface area contributed by atoms with Gasteiger partial charge in [0.1, 0.15) is 0 Å². The van der Waals surface area contributed by atoms with E-state index in [4.69, 9.17) is 0 Å². The van der Waals surface area contributed by atoms with E-state index in [0.717, 1.165) is 5.92 Å². The Hall–Kier alpha value is 0.501. The van der Waals surface area contributed by atoms with Crippen molar-refractivity contribution in [3.8, 4) is 0 Å². The van der Waals surface area contributed by atoms with Crippen LogP contribution in [0.25, 0.3) is 0 Å². The molecular formula is C23H35Cl3SiTi. The summed E-state index contributed by atoms with van der Waals surface area (Å²) in [5.74, 6) is 0.725. The van der Waals surface area contributed by atoms with Crippen molar-refractivity contribution in [2.75, 3.05) is 0 Å². The first-order valence-electron chi connectivity index (χ1n) is 10.1. The van der Waals surface area contributed by atoms with Gasteiger partial charge in [0.2, 0.25) is 0 Å².